The van der Waals surface area contributed by atoms with Crippen LogP contribution in [0.4, 0.5) is 0 Å². The predicted octanol–water partition coefficient (Wildman–Crippen LogP) is 4.57. The van der Waals surface area contributed by atoms with E-state index in [0.29, 0.717) is 22.3 Å². The number of carbonyl (C=O) groups is 1. The minimum absolute atomic E-state index is 0.0454. The first-order chi connectivity index (χ1) is 13.0. The SMILES string of the molecule is Cc1ccc2c(c1)c(/C=C1/C(=O)c3ccccc3C1=C(C#N)C#N)cn2C. The van der Waals surface area contributed by atoms with Crippen LogP contribution in [0.25, 0.3) is 22.6 Å². The zero-order chi connectivity index (χ0) is 19.1. The van der Waals surface area contributed by atoms with Crippen LogP contribution in [0.15, 0.2) is 59.8 Å². The van der Waals surface area contributed by atoms with Crippen molar-refractivity contribution in [1.29, 1.82) is 10.5 Å². The number of hydrogen-bond donors (Lipinski definition) is 0. The maximum Gasteiger partial charge on any atom is 0.194 e. The summed E-state index contributed by atoms with van der Waals surface area (Å²) in [6.45, 7) is 2.02. The molecule has 0 bridgehead atoms. The summed E-state index contributed by atoms with van der Waals surface area (Å²) in [5.74, 6) is -0.159. The topological polar surface area (TPSA) is 69.6 Å². The number of aryl methyl sites for hydroxylation is 2. The van der Waals surface area contributed by atoms with Crippen LogP contribution in [0.3, 0.4) is 0 Å². The molecule has 1 heterocycles. The molecule has 0 atom stereocenters. The lowest BCUT2D eigenvalue weighted by Gasteiger charge is -2.02. The molecule has 0 unspecified atom stereocenters. The Hall–Kier alpha value is -3.89. The van der Waals surface area contributed by atoms with Gasteiger partial charge in [-0.15, -0.1) is 0 Å². The molecule has 4 heteroatoms. The van der Waals surface area contributed by atoms with E-state index >= 15 is 0 Å². The minimum atomic E-state index is -0.159. The number of carbonyl (C=O) groups excluding carboxylic acids is 1. The van der Waals surface area contributed by atoms with Crippen molar-refractivity contribution in [2.45, 2.75) is 6.92 Å². The van der Waals surface area contributed by atoms with Crippen molar-refractivity contribution in [1.82, 2.24) is 4.57 Å². The van der Waals surface area contributed by atoms with Crippen molar-refractivity contribution in [3.05, 3.63) is 82.1 Å². The first-order valence-corrected chi connectivity index (χ1v) is 8.51. The highest BCUT2D eigenvalue weighted by Gasteiger charge is 2.32. The van der Waals surface area contributed by atoms with Gasteiger partial charge in [-0.25, -0.2) is 0 Å². The summed E-state index contributed by atoms with van der Waals surface area (Å²) in [4.78, 5) is 13.0. The number of allylic oxidation sites excluding steroid dienone is 3. The molecule has 128 valence electrons. The number of fused-ring (bicyclic) bond motifs is 2. The number of rotatable bonds is 1. The summed E-state index contributed by atoms with van der Waals surface area (Å²) in [5.41, 5.74) is 5.01. The smallest absolute Gasteiger partial charge is 0.194 e. The summed E-state index contributed by atoms with van der Waals surface area (Å²) in [5, 5.41) is 19.9. The van der Waals surface area contributed by atoms with Crippen molar-refractivity contribution < 1.29 is 4.79 Å². The minimum Gasteiger partial charge on any atom is -0.350 e. The van der Waals surface area contributed by atoms with Gasteiger partial charge in [0.25, 0.3) is 0 Å². The van der Waals surface area contributed by atoms with E-state index in [-0.39, 0.29) is 11.4 Å². The van der Waals surface area contributed by atoms with Crippen molar-refractivity contribution in [3.63, 3.8) is 0 Å². The average molecular weight is 349 g/mol. The molecule has 1 aliphatic carbocycles. The first-order valence-electron chi connectivity index (χ1n) is 8.51. The van der Waals surface area contributed by atoms with Crippen LogP contribution in [-0.4, -0.2) is 10.4 Å². The van der Waals surface area contributed by atoms with Gasteiger partial charge in [0.05, 0.1) is 0 Å². The highest BCUT2D eigenvalue weighted by Crippen LogP contribution is 2.40. The van der Waals surface area contributed by atoms with Gasteiger partial charge in [-0.1, -0.05) is 35.9 Å². The lowest BCUT2D eigenvalue weighted by molar-refractivity contribution is 0.104. The molecule has 1 aromatic heterocycles. The van der Waals surface area contributed by atoms with Crippen molar-refractivity contribution >= 4 is 28.3 Å². The molecule has 0 saturated heterocycles. The molecule has 1 aliphatic rings. The van der Waals surface area contributed by atoms with Gasteiger partial charge in [-0.05, 0) is 30.7 Å². The molecule has 0 fully saturated rings. The van der Waals surface area contributed by atoms with Crippen molar-refractivity contribution in [2.24, 2.45) is 7.05 Å². The van der Waals surface area contributed by atoms with E-state index in [9.17, 15) is 15.3 Å². The number of aromatic nitrogens is 1. The number of ketones is 1. The second-order valence-corrected chi connectivity index (χ2v) is 6.62. The molecular weight excluding hydrogens is 334 g/mol. The molecule has 3 aromatic rings. The van der Waals surface area contributed by atoms with Crippen LogP contribution in [0.2, 0.25) is 0 Å². The normalized spacial score (nSPS) is 14.3. The van der Waals surface area contributed by atoms with Gasteiger partial charge >= 0.3 is 0 Å². The molecular formula is C23H15N3O. The number of nitriles is 2. The molecule has 4 nitrogen and oxygen atoms in total. The maximum atomic E-state index is 13.0. The van der Waals surface area contributed by atoms with Gasteiger partial charge in [0.15, 0.2) is 5.78 Å². The Labute approximate surface area is 156 Å². The van der Waals surface area contributed by atoms with E-state index in [4.69, 9.17) is 0 Å². The first kappa shape index (κ1) is 16.6. The van der Waals surface area contributed by atoms with Crippen LogP contribution in [0.5, 0.6) is 0 Å². The van der Waals surface area contributed by atoms with Crippen molar-refractivity contribution in [2.75, 3.05) is 0 Å². The lowest BCUT2D eigenvalue weighted by Crippen LogP contribution is -1.95. The number of hydrogen-bond acceptors (Lipinski definition) is 3. The van der Waals surface area contributed by atoms with Gasteiger partial charge in [-0.3, -0.25) is 4.79 Å². The van der Waals surface area contributed by atoms with Gasteiger partial charge in [-0.2, -0.15) is 10.5 Å². The standard InChI is InChI=1S/C23H15N3O/c1-14-7-8-21-19(9-14)15(13-26(21)2)10-20-22(16(11-24)12-25)17-5-3-4-6-18(17)23(20)27/h3-10,13H,1-2H3/b20-10+. The largest absolute Gasteiger partial charge is 0.350 e. The van der Waals surface area contributed by atoms with E-state index < -0.39 is 0 Å². The number of Topliss-reactive ketones (excluding diaryl/α,β-unsaturated/α-hetero) is 1. The average Bonchev–Trinajstić information content (AvgIpc) is 3.12. The van der Waals surface area contributed by atoms with Gasteiger partial charge < -0.3 is 4.57 Å². The molecule has 0 aliphatic heterocycles. The Morgan fingerprint density at radius 1 is 1.07 bits per heavy atom. The van der Waals surface area contributed by atoms with E-state index in [1.165, 1.54) is 0 Å². The molecule has 0 saturated carbocycles. The monoisotopic (exact) mass is 349 g/mol. The Bertz CT molecular complexity index is 1260. The maximum absolute atomic E-state index is 13.0. The Morgan fingerprint density at radius 2 is 1.78 bits per heavy atom. The zero-order valence-electron chi connectivity index (χ0n) is 14.9. The van der Waals surface area contributed by atoms with Gasteiger partial charge in [0, 0.05) is 46.4 Å². The quantitative estimate of drug-likeness (QED) is 0.477. The highest BCUT2D eigenvalue weighted by atomic mass is 16.1. The summed E-state index contributed by atoms with van der Waals surface area (Å²) >= 11 is 0. The second-order valence-electron chi connectivity index (χ2n) is 6.62. The summed E-state index contributed by atoms with van der Waals surface area (Å²) in [6, 6.07) is 17.2. The fourth-order valence-corrected chi connectivity index (χ4v) is 3.65. The molecule has 0 N–H and O–H groups in total. The van der Waals surface area contributed by atoms with Crippen molar-refractivity contribution in [3.8, 4) is 12.1 Å². The molecule has 0 amide bonds. The fourth-order valence-electron chi connectivity index (χ4n) is 3.65. The molecule has 27 heavy (non-hydrogen) atoms. The van der Waals surface area contributed by atoms with E-state index in [2.05, 4.69) is 6.07 Å². The Kier molecular flexibility index (Phi) is 3.76. The van der Waals surface area contributed by atoms with Crippen LogP contribution >= 0.6 is 0 Å². The highest BCUT2D eigenvalue weighted by molar-refractivity contribution is 6.30. The lowest BCUT2D eigenvalue weighted by atomic mass is 9.98. The predicted molar refractivity (Wildman–Crippen MR) is 105 cm³/mol. The molecule has 2 aromatic carbocycles. The Morgan fingerprint density at radius 3 is 2.48 bits per heavy atom. The third-order valence-corrected chi connectivity index (χ3v) is 4.90. The van der Waals surface area contributed by atoms with Crippen LogP contribution in [0.1, 0.15) is 27.0 Å². The molecule has 0 radical (unpaired) electrons. The van der Waals surface area contributed by atoms with Gasteiger partial charge in [0.1, 0.15) is 17.7 Å². The third kappa shape index (κ3) is 2.47. The Balaban J connectivity index is 2.03. The summed E-state index contributed by atoms with van der Waals surface area (Å²) in [6.07, 6.45) is 3.76. The summed E-state index contributed by atoms with van der Waals surface area (Å²) in [7, 11) is 1.96. The van der Waals surface area contributed by atoms with E-state index in [1.54, 1.807) is 24.3 Å². The molecule has 0 spiro atoms. The van der Waals surface area contributed by atoms with Crippen LogP contribution in [-0.2, 0) is 7.05 Å². The summed E-state index contributed by atoms with van der Waals surface area (Å²) < 4.78 is 2.01. The number of nitrogens with zero attached hydrogens (tertiary/aromatic N) is 3. The van der Waals surface area contributed by atoms with Crippen LogP contribution in [0, 0.1) is 29.6 Å². The second kappa shape index (κ2) is 6.12. The van der Waals surface area contributed by atoms with E-state index in [1.807, 2.05) is 55.1 Å². The van der Waals surface area contributed by atoms with Gasteiger partial charge in [0.2, 0.25) is 0 Å². The van der Waals surface area contributed by atoms with E-state index in [0.717, 1.165) is 22.0 Å². The number of benzene rings is 2. The van der Waals surface area contributed by atoms with Crippen LogP contribution < -0.4 is 0 Å². The fraction of sp³-hybridized carbons (Fsp3) is 0.0870. The zero-order valence-corrected chi connectivity index (χ0v) is 14.9. The molecule has 4 rings (SSSR count). The third-order valence-electron chi connectivity index (χ3n) is 4.90.